The largest absolute Gasteiger partial charge is 0.496 e. The summed E-state index contributed by atoms with van der Waals surface area (Å²) in [5.41, 5.74) is 1.49. The average Bonchev–Trinajstić information content (AvgIpc) is 2.31. The number of aryl methyl sites for hydroxylation is 2. The second-order valence-electron chi connectivity index (χ2n) is 5.42. The van der Waals surface area contributed by atoms with E-state index in [0.717, 1.165) is 16.7 Å². The maximum Gasteiger partial charge on any atom is 0.328 e. The average molecular weight is 279 g/mol. The number of methoxy groups -OCH3 is 1. The van der Waals surface area contributed by atoms with Crippen LogP contribution < -0.4 is 10.1 Å². The smallest absolute Gasteiger partial charge is 0.328 e. The van der Waals surface area contributed by atoms with E-state index in [2.05, 4.69) is 5.32 Å². The van der Waals surface area contributed by atoms with E-state index >= 15 is 0 Å². The van der Waals surface area contributed by atoms with Gasteiger partial charge in [0, 0.05) is 5.56 Å². The van der Waals surface area contributed by atoms with Crippen LogP contribution in [0.3, 0.4) is 0 Å². The molecule has 0 saturated heterocycles. The van der Waals surface area contributed by atoms with Crippen molar-refractivity contribution >= 4 is 11.9 Å². The Bertz CT molecular complexity index is 535. The molecule has 0 spiro atoms. The van der Waals surface area contributed by atoms with Gasteiger partial charge in [0.05, 0.1) is 13.5 Å². The van der Waals surface area contributed by atoms with Gasteiger partial charge < -0.3 is 15.2 Å². The van der Waals surface area contributed by atoms with Gasteiger partial charge in [0.1, 0.15) is 11.3 Å². The maximum atomic E-state index is 12.0. The van der Waals surface area contributed by atoms with Crippen molar-refractivity contribution in [1.82, 2.24) is 5.32 Å². The fourth-order valence-corrected chi connectivity index (χ4v) is 1.97. The number of nitrogens with one attached hydrogen (secondary N) is 1. The van der Waals surface area contributed by atoms with Crippen molar-refractivity contribution in [3.63, 3.8) is 0 Å². The Kier molecular flexibility index (Phi) is 4.76. The number of amides is 1. The summed E-state index contributed by atoms with van der Waals surface area (Å²) >= 11 is 0. The summed E-state index contributed by atoms with van der Waals surface area (Å²) in [6, 6.07) is 3.82. The Morgan fingerprint density at radius 2 is 1.90 bits per heavy atom. The summed E-state index contributed by atoms with van der Waals surface area (Å²) in [6.07, 6.45) is 0.0893. The Morgan fingerprint density at radius 3 is 2.40 bits per heavy atom. The fraction of sp³-hybridized carbons (Fsp3) is 0.467. The number of aliphatic carboxylic acids is 1. The molecule has 0 aromatic heterocycles. The van der Waals surface area contributed by atoms with Crippen molar-refractivity contribution < 1.29 is 19.4 Å². The van der Waals surface area contributed by atoms with Gasteiger partial charge in [-0.25, -0.2) is 4.79 Å². The molecular formula is C15H21NO4. The normalized spacial score (nSPS) is 11.1. The van der Waals surface area contributed by atoms with Gasteiger partial charge in [0.2, 0.25) is 5.91 Å². The molecule has 0 aliphatic carbocycles. The molecule has 0 fully saturated rings. The van der Waals surface area contributed by atoms with E-state index in [9.17, 15) is 9.59 Å². The van der Waals surface area contributed by atoms with Crippen molar-refractivity contribution in [2.24, 2.45) is 0 Å². The SMILES string of the molecule is COc1cc(C)cc(C)c1CC(=O)NC(C)(C)C(=O)O. The van der Waals surface area contributed by atoms with Gasteiger partial charge in [-0.15, -0.1) is 0 Å². The maximum absolute atomic E-state index is 12.0. The third-order valence-electron chi connectivity index (χ3n) is 3.12. The molecule has 0 aliphatic rings. The van der Waals surface area contributed by atoms with Crippen LogP contribution in [0.2, 0.25) is 0 Å². The van der Waals surface area contributed by atoms with Crippen LogP contribution in [0.5, 0.6) is 5.75 Å². The lowest BCUT2D eigenvalue weighted by Gasteiger charge is -2.21. The van der Waals surface area contributed by atoms with Crippen LogP contribution in [-0.2, 0) is 16.0 Å². The van der Waals surface area contributed by atoms with Gasteiger partial charge >= 0.3 is 5.97 Å². The Labute approximate surface area is 118 Å². The first-order valence-corrected chi connectivity index (χ1v) is 6.36. The highest BCUT2D eigenvalue weighted by molar-refractivity contribution is 5.87. The quantitative estimate of drug-likeness (QED) is 0.862. The summed E-state index contributed by atoms with van der Waals surface area (Å²) in [7, 11) is 1.55. The summed E-state index contributed by atoms with van der Waals surface area (Å²) < 4.78 is 5.29. The van der Waals surface area contributed by atoms with Crippen LogP contribution >= 0.6 is 0 Å². The molecule has 5 nitrogen and oxygen atoms in total. The summed E-state index contributed by atoms with van der Waals surface area (Å²) in [5, 5.41) is 11.5. The molecule has 20 heavy (non-hydrogen) atoms. The number of hydrogen-bond donors (Lipinski definition) is 2. The Morgan fingerprint density at radius 1 is 1.30 bits per heavy atom. The molecule has 0 heterocycles. The number of carbonyl (C=O) groups is 2. The van der Waals surface area contributed by atoms with E-state index in [1.54, 1.807) is 7.11 Å². The zero-order chi connectivity index (χ0) is 15.5. The van der Waals surface area contributed by atoms with E-state index in [1.165, 1.54) is 13.8 Å². The third kappa shape index (κ3) is 3.73. The van der Waals surface area contributed by atoms with Crippen LogP contribution in [0.25, 0.3) is 0 Å². The molecular weight excluding hydrogens is 258 g/mol. The first kappa shape index (κ1) is 16.0. The highest BCUT2D eigenvalue weighted by Crippen LogP contribution is 2.24. The molecule has 110 valence electrons. The number of hydrogen-bond acceptors (Lipinski definition) is 3. The lowest BCUT2D eigenvalue weighted by Crippen LogP contribution is -2.50. The van der Waals surface area contributed by atoms with Crippen LogP contribution in [0.1, 0.15) is 30.5 Å². The minimum absolute atomic E-state index is 0.0893. The number of carboxylic acids is 1. The Balaban J connectivity index is 2.94. The first-order chi connectivity index (χ1) is 9.17. The standard InChI is InChI=1S/C15H21NO4/c1-9-6-10(2)11(12(7-9)20-5)8-13(17)16-15(3,4)14(18)19/h6-7H,8H2,1-5H3,(H,16,17)(H,18,19). The molecule has 0 aliphatic heterocycles. The van der Waals surface area contributed by atoms with Crippen LogP contribution in [0, 0.1) is 13.8 Å². The fourth-order valence-electron chi connectivity index (χ4n) is 1.97. The molecule has 5 heteroatoms. The molecule has 0 unspecified atom stereocenters. The Hall–Kier alpha value is -2.04. The molecule has 2 N–H and O–H groups in total. The van der Waals surface area contributed by atoms with Gasteiger partial charge in [0.15, 0.2) is 0 Å². The van der Waals surface area contributed by atoms with E-state index in [1.807, 2.05) is 26.0 Å². The first-order valence-electron chi connectivity index (χ1n) is 6.36. The van der Waals surface area contributed by atoms with E-state index < -0.39 is 11.5 Å². The topological polar surface area (TPSA) is 75.6 Å². The van der Waals surface area contributed by atoms with Gasteiger partial charge in [-0.3, -0.25) is 4.79 Å². The van der Waals surface area contributed by atoms with Crippen molar-refractivity contribution in [3.05, 3.63) is 28.8 Å². The van der Waals surface area contributed by atoms with Crippen molar-refractivity contribution in [2.75, 3.05) is 7.11 Å². The minimum atomic E-state index is -1.29. The molecule has 0 bridgehead atoms. The molecule has 0 atom stereocenters. The molecule has 0 radical (unpaired) electrons. The number of carboxylic acid groups (broad SMARTS) is 1. The van der Waals surface area contributed by atoms with Crippen LogP contribution in [0.15, 0.2) is 12.1 Å². The lowest BCUT2D eigenvalue weighted by atomic mass is 10.00. The van der Waals surface area contributed by atoms with Crippen molar-refractivity contribution in [1.29, 1.82) is 0 Å². The molecule has 1 aromatic rings. The summed E-state index contributed by atoms with van der Waals surface area (Å²) in [6.45, 7) is 6.76. The molecule has 0 saturated carbocycles. The van der Waals surface area contributed by atoms with Gasteiger partial charge in [0.25, 0.3) is 0 Å². The van der Waals surface area contributed by atoms with E-state index in [0.29, 0.717) is 5.75 Å². The lowest BCUT2D eigenvalue weighted by molar-refractivity contribution is -0.145. The van der Waals surface area contributed by atoms with Crippen LogP contribution in [-0.4, -0.2) is 29.6 Å². The predicted molar refractivity (Wildman–Crippen MR) is 76.0 cm³/mol. The van der Waals surface area contributed by atoms with Gasteiger partial charge in [-0.05, 0) is 44.9 Å². The molecule has 1 aromatic carbocycles. The third-order valence-corrected chi connectivity index (χ3v) is 3.12. The van der Waals surface area contributed by atoms with E-state index in [-0.39, 0.29) is 12.3 Å². The van der Waals surface area contributed by atoms with Gasteiger partial charge in [-0.1, -0.05) is 6.07 Å². The van der Waals surface area contributed by atoms with Gasteiger partial charge in [-0.2, -0.15) is 0 Å². The highest BCUT2D eigenvalue weighted by atomic mass is 16.5. The number of rotatable bonds is 5. The number of ether oxygens (including phenoxy) is 1. The summed E-state index contributed by atoms with van der Waals surface area (Å²) in [4.78, 5) is 23.0. The van der Waals surface area contributed by atoms with Crippen molar-refractivity contribution in [2.45, 2.75) is 39.7 Å². The predicted octanol–water partition coefficient (Wildman–Crippen LogP) is 1.83. The zero-order valence-corrected chi connectivity index (χ0v) is 12.5. The monoisotopic (exact) mass is 279 g/mol. The highest BCUT2D eigenvalue weighted by Gasteiger charge is 2.29. The number of benzene rings is 1. The zero-order valence-electron chi connectivity index (χ0n) is 12.5. The molecule has 1 rings (SSSR count). The molecule has 1 amide bonds. The van der Waals surface area contributed by atoms with Crippen LogP contribution in [0.4, 0.5) is 0 Å². The minimum Gasteiger partial charge on any atom is -0.496 e. The van der Waals surface area contributed by atoms with Crippen molar-refractivity contribution in [3.8, 4) is 5.75 Å². The second-order valence-corrected chi connectivity index (χ2v) is 5.42. The number of carbonyl (C=O) groups excluding carboxylic acids is 1. The second kappa shape index (κ2) is 5.94. The van der Waals surface area contributed by atoms with E-state index in [4.69, 9.17) is 9.84 Å². The summed E-state index contributed by atoms with van der Waals surface area (Å²) in [5.74, 6) is -0.771.